The lowest BCUT2D eigenvalue weighted by Crippen LogP contribution is -2.77. The quantitative estimate of drug-likeness (QED) is 0.826. The molecule has 0 aromatic heterocycles. The molecule has 5 heteroatoms. The van der Waals surface area contributed by atoms with Gasteiger partial charge in [-0.25, -0.2) is 0 Å². The van der Waals surface area contributed by atoms with Crippen LogP contribution in [0.3, 0.4) is 0 Å². The van der Waals surface area contributed by atoms with E-state index in [9.17, 15) is 15.0 Å². The number of nitrogens with zero attached hydrogens (tertiary/aromatic N) is 2. The maximum Gasteiger partial charge on any atom is 0.134 e. The first-order valence-corrected chi connectivity index (χ1v) is 10.4. The van der Waals surface area contributed by atoms with Crippen molar-refractivity contribution in [1.82, 2.24) is 4.90 Å². The van der Waals surface area contributed by atoms with Crippen molar-refractivity contribution < 1.29 is 15.0 Å². The van der Waals surface area contributed by atoms with Crippen molar-refractivity contribution >= 4 is 11.5 Å². The number of carbonyl (C=O) groups excluding carboxylic acids is 1. The molecule has 0 radical (unpaired) electrons. The topological polar surface area (TPSA) is 64.0 Å². The molecule has 5 nitrogen and oxygen atoms in total. The number of anilines is 1. The largest absolute Gasteiger partial charge is 0.392 e. The Hall–Kier alpha value is -1.43. The molecule has 1 spiro atoms. The lowest BCUT2D eigenvalue weighted by molar-refractivity contribution is -0.233. The van der Waals surface area contributed by atoms with Crippen LogP contribution >= 0.6 is 0 Å². The number of Topliss-reactive ketones (excluding diaryl/α,β-unsaturated/α-hetero) is 1. The number of hydrogen-bond donors (Lipinski definition) is 2. The van der Waals surface area contributed by atoms with Gasteiger partial charge in [0.15, 0.2) is 0 Å². The number of benzene rings is 1. The van der Waals surface area contributed by atoms with Crippen LogP contribution in [0.4, 0.5) is 5.69 Å². The number of carbonyl (C=O) groups is 1. The zero-order valence-electron chi connectivity index (χ0n) is 16.1. The van der Waals surface area contributed by atoms with Gasteiger partial charge in [-0.05, 0) is 37.3 Å². The number of fused-ring (bicyclic) bond motifs is 2. The average Bonchev–Trinajstić information content (AvgIpc) is 3.04. The standard InChI is InChI=1S/C22H28N2O3/c1-4-11-16-15(10(2)25)18-19-22(12-7-5-6-8-13(12)23(19)3)9-14(17(16)20(22)26)24(18)21(11)27/h5-8,11,14-21,26-27H,4,9H2,1-3H3/t11-,14-,15?,16-,17?,18-,19-,20-,21+,22+/m0/s1. The molecule has 1 aliphatic carbocycles. The molecule has 3 unspecified atom stereocenters. The molecule has 5 aliphatic heterocycles. The first-order chi connectivity index (χ1) is 12.9. The lowest BCUT2D eigenvalue weighted by Gasteiger charge is -2.65. The Morgan fingerprint density at radius 3 is 2.70 bits per heavy atom. The van der Waals surface area contributed by atoms with E-state index in [1.807, 2.05) is 0 Å². The Kier molecular flexibility index (Phi) is 3.02. The number of para-hydroxylation sites is 1. The molecule has 1 saturated carbocycles. The minimum absolute atomic E-state index is 0.0187. The summed E-state index contributed by atoms with van der Waals surface area (Å²) >= 11 is 0. The average molecular weight is 368 g/mol. The second kappa shape index (κ2) is 4.94. The van der Waals surface area contributed by atoms with E-state index in [0.29, 0.717) is 0 Å². The fourth-order valence-corrected chi connectivity index (χ4v) is 8.43. The van der Waals surface area contributed by atoms with Crippen LogP contribution in [-0.2, 0) is 10.2 Å². The predicted octanol–water partition coefficient (Wildman–Crippen LogP) is 1.37. The molecule has 144 valence electrons. The maximum atomic E-state index is 12.9. The Morgan fingerprint density at radius 1 is 1.26 bits per heavy atom. The van der Waals surface area contributed by atoms with Crippen LogP contribution in [0.15, 0.2) is 24.3 Å². The van der Waals surface area contributed by atoms with Gasteiger partial charge in [-0.1, -0.05) is 25.1 Å². The highest BCUT2D eigenvalue weighted by Gasteiger charge is 2.79. The van der Waals surface area contributed by atoms with E-state index in [4.69, 9.17) is 0 Å². The molecule has 7 rings (SSSR count). The number of aliphatic hydroxyl groups excluding tert-OH is 2. The van der Waals surface area contributed by atoms with Crippen molar-refractivity contribution in [3.63, 3.8) is 0 Å². The summed E-state index contributed by atoms with van der Waals surface area (Å²) in [6.45, 7) is 3.82. The zero-order chi connectivity index (χ0) is 18.8. The monoisotopic (exact) mass is 368 g/mol. The number of ketones is 1. The van der Waals surface area contributed by atoms with Crippen LogP contribution in [0.5, 0.6) is 0 Å². The van der Waals surface area contributed by atoms with Crippen LogP contribution in [0, 0.1) is 23.7 Å². The highest BCUT2D eigenvalue weighted by atomic mass is 16.3. The molecule has 1 aromatic rings. The first kappa shape index (κ1) is 16.5. The Morgan fingerprint density at radius 2 is 2.00 bits per heavy atom. The molecule has 0 amide bonds. The van der Waals surface area contributed by atoms with Gasteiger partial charge in [-0.2, -0.15) is 0 Å². The van der Waals surface area contributed by atoms with Gasteiger partial charge in [-0.15, -0.1) is 0 Å². The van der Waals surface area contributed by atoms with Crippen LogP contribution in [-0.4, -0.2) is 58.4 Å². The van der Waals surface area contributed by atoms with Gasteiger partial charge in [-0.3, -0.25) is 9.69 Å². The molecule has 6 aliphatic rings. The molecular weight excluding hydrogens is 340 g/mol. The SMILES string of the molecule is CC[C@H]1[C@H]2C(C(C)=O)[C@H]3[C@@H]4N(C)c5ccccc5[C@]45C[C@@H](C2[C@@H]5O)N3[C@@H]1O. The molecule has 5 fully saturated rings. The summed E-state index contributed by atoms with van der Waals surface area (Å²) in [6, 6.07) is 8.64. The third kappa shape index (κ3) is 1.53. The number of aliphatic hydroxyl groups is 2. The van der Waals surface area contributed by atoms with E-state index in [1.54, 1.807) is 6.92 Å². The van der Waals surface area contributed by atoms with Crippen molar-refractivity contribution in [3.05, 3.63) is 29.8 Å². The van der Waals surface area contributed by atoms with Gasteiger partial charge in [0.25, 0.3) is 0 Å². The summed E-state index contributed by atoms with van der Waals surface area (Å²) in [7, 11) is 2.10. The van der Waals surface area contributed by atoms with Gasteiger partial charge in [0, 0.05) is 48.0 Å². The Balaban J connectivity index is 1.63. The lowest BCUT2D eigenvalue weighted by atomic mass is 9.56. The smallest absolute Gasteiger partial charge is 0.134 e. The van der Waals surface area contributed by atoms with Crippen LogP contribution in [0.1, 0.15) is 32.3 Å². The highest BCUT2D eigenvalue weighted by Crippen LogP contribution is 2.70. The summed E-state index contributed by atoms with van der Waals surface area (Å²) < 4.78 is 0. The Labute approximate surface area is 160 Å². The van der Waals surface area contributed by atoms with E-state index in [2.05, 4.69) is 48.0 Å². The van der Waals surface area contributed by atoms with Crippen molar-refractivity contribution in [2.45, 2.75) is 62.6 Å². The molecule has 5 bridgehead atoms. The molecule has 27 heavy (non-hydrogen) atoms. The predicted molar refractivity (Wildman–Crippen MR) is 101 cm³/mol. The number of hydrogen-bond acceptors (Lipinski definition) is 5. The number of likely N-dealkylation sites (N-methyl/N-ethyl adjacent to an activating group) is 1. The number of piperidine rings is 4. The second-order valence-electron chi connectivity index (χ2n) is 9.54. The van der Waals surface area contributed by atoms with Crippen molar-refractivity contribution in [2.75, 3.05) is 11.9 Å². The molecule has 4 saturated heterocycles. The van der Waals surface area contributed by atoms with E-state index < -0.39 is 12.3 Å². The van der Waals surface area contributed by atoms with Gasteiger partial charge in [0.1, 0.15) is 12.0 Å². The van der Waals surface area contributed by atoms with Crippen molar-refractivity contribution in [3.8, 4) is 0 Å². The Bertz CT molecular complexity index is 843. The fourth-order valence-electron chi connectivity index (χ4n) is 8.43. The zero-order valence-corrected chi connectivity index (χ0v) is 16.1. The van der Waals surface area contributed by atoms with Crippen LogP contribution in [0.25, 0.3) is 0 Å². The first-order valence-electron chi connectivity index (χ1n) is 10.4. The second-order valence-corrected chi connectivity index (χ2v) is 9.54. The molecule has 1 aromatic carbocycles. The highest BCUT2D eigenvalue weighted by molar-refractivity contribution is 5.81. The minimum atomic E-state index is -0.498. The van der Waals surface area contributed by atoms with E-state index in [1.165, 1.54) is 11.3 Å². The summed E-state index contributed by atoms with van der Waals surface area (Å²) in [4.78, 5) is 17.4. The summed E-state index contributed by atoms with van der Waals surface area (Å²) in [5.41, 5.74) is 2.11. The summed E-state index contributed by atoms with van der Waals surface area (Å²) in [5, 5.41) is 23.0. The summed E-state index contributed by atoms with van der Waals surface area (Å²) in [5.74, 6) is 0.355. The fraction of sp³-hybridized carbons (Fsp3) is 0.682. The van der Waals surface area contributed by atoms with Gasteiger partial charge < -0.3 is 15.1 Å². The normalized spacial score (nSPS) is 53.6. The molecule has 5 heterocycles. The molecular formula is C22H28N2O3. The van der Waals surface area contributed by atoms with Gasteiger partial charge >= 0.3 is 0 Å². The van der Waals surface area contributed by atoms with E-state index >= 15 is 0 Å². The molecule has 11 atom stereocenters. The van der Waals surface area contributed by atoms with Crippen molar-refractivity contribution in [2.24, 2.45) is 23.7 Å². The minimum Gasteiger partial charge on any atom is -0.392 e. The third-order valence-corrected chi connectivity index (χ3v) is 9.02. The van der Waals surface area contributed by atoms with E-state index in [-0.39, 0.29) is 53.0 Å². The summed E-state index contributed by atoms with van der Waals surface area (Å²) in [6.07, 6.45) is 0.777. The molecule has 2 N–H and O–H groups in total. The maximum absolute atomic E-state index is 12.9. The van der Waals surface area contributed by atoms with Gasteiger partial charge in [0.2, 0.25) is 0 Å². The van der Waals surface area contributed by atoms with Crippen LogP contribution < -0.4 is 4.90 Å². The van der Waals surface area contributed by atoms with Crippen LogP contribution in [0.2, 0.25) is 0 Å². The van der Waals surface area contributed by atoms with Crippen molar-refractivity contribution in [1.29, 1.82) is 0 Å². The third-order valence-electron chi connectivity index (χ3n) is 9.02. The number of rotatable bonds is 2. The van der Waals surface area contributed by atoms with Gasteiger partial charge in [0.05, 0.1) is 12.1 Å². The van der Waals surface area contributed by atoms with E-state index in [0.717, 1.165) is 12.8 Å².